The normalized spacial score (nSPS) is 34.3. The molecule has 1 saturated heterocycles. The first-order chi connectivity index (χ1) is 8.98. The number of carboxylic acids is 1. The molecular weight excluding hydrogens is 244 g/mol. The zero-order valence-corrected chi connectivity index (χ0v) is 11.8. The van der Waals surface area contributed by atoms with Gasteiger partial charge in [-0.2, -0.15) is 0 Å². The van der Waals surface area contributed by atoms with Gasteiger partial charge in [-0.1, -0.05) is 0 Å². The molecule has 19 heavy (non-hydrogen) atoms. The van der Waals surface area contributed by atoms with Crippen LogP contribution in [0.4, 0.5) is 0 Å². The van der Waals surface area contributed by atoms with E-state index in [1.807, 2.05) is 0 Å². The Kier molecular flexibility index (Phi) is 4.81. The molecule has 1 heterocycles. The Labute approximate surface area is 115 Å². The van der Waals surface area contributed by atoms with E-state index in [4.69, 9.17) is 5.11 Å². The Morgan fingerprint density at radius 2 is 1.84 bits per heavy atom. The monoisotopic (exact) mass is 270 g/mol. The molecular formula is C14H26N2O3. The SMILES string of the molecule is CN1CCC(NCC2(O)CCC(C(=O)O)CC2)CC1. The van der Waals surface area contributed by atoms with Gasteiger partial charge in [0.1, 0.15) is 0 Å². The second-order valence-electron chi connectivity index (χ2n) is 6.30. The third-order valence-corrected chi connectivity index (χ3v) is 4.70. The van der Waals surface area contributed by atoms with E-state index in [9.17, 15) is 9.90 Å². The molecule has 5 nitrogen and oxygen atoms in total. The highest BCUT2D eigenvalue weighted by atomic mass is 16.4. The molecule has 0 amide bonds. The van der Waals surface area contributed by atoms with Crippen LogP contribution in [-0.4, -0.2) is 59.4 Å². The number of hydrogen-bond donors (Lipinski definition) is 3. The lowest BCUT2D eigenvalue weighted by Gasteiger charge is -2.37. The average molecular weight is 270 g/mol. The summed E-state index contributed by atoms with van der Waals surface area (Å²) in [7, 11) is 2.14. The van der Waals surface area contributed by atoms with Crippen LogP contribution in [0.25, 0.3) is 0 Å². The zero-order valence-electron chi connectivity index (χ0n) is 11.8. The molecule has 0 aromatic carbocycles. The molecule has 0 radical (unpaired) electrons. The van der Waals surface area contributed by atoms with Crippen LogP contribution >= 0.6 is 0 Å². The first-order valence-corrected chi connectivity index (χ1v) is 7.36. The second-order valence-corrected chi connectivity index (χ2v) is 6.30. The summed E-state index contributed by atoms with van der Waals surface area (Å²) in [6, 6.07) is 0.498. The van der Waals surface area contributed by atoms with Crippen molar-refractivity contribution in [3.8, 4) is 0 Å². The summed E-state index contributed by atoms with van der Waals surface area (Å²) in [6.45, 7) is 2.82. The van der Waals surface area contributed by atoms with Crippen LogP contribution in [0.3, 0.4) is 0 Å². The van der Waals surface area contributed by atoms with E-state index >= 15 is 0 Å². The van der Waals surface area contributed by atoms with Crippen molar-refractivity contribution in [1.29, 1.82) is 0 Å². The molecule has 1 aliphatic carbocycles. The Morgan fingerprint density at radius 3 is 2.37 bits per heavy atom. The van der Waals surface area contributed by atoms with Crippen molar-refractivity contribution < 1.29 is 15.0 Å². The molecule has 0 spiro atoms. The van der Waals surface area contributed by atoms with E-state index in [-0.39, 0.29) is 5.92 Å². The predicted molar refractivity (Wildman–Crippen MR) is 73.1 cm³/mol. The fraction of sp³-hybridized carbons (Fsp3) is 0.929. The largest absolute Gasteiger partial charge is 0.481 e. The standard InChI is InChI=1S/C14H26N2O3/c1-16-8-4-12(5-9-16)15-10-14(19)6-2-11(3-7-14)13(17)18/h11-12,15,19H,2-10H2,1H3,(H,17,18). The molecule has 0 aromatic rings. The number of hydrogen-bond acceptors (Lipinski definition) is 4. The highest BCUT2D eigenvalue weighted by molar-refractivity contribution is 5.70. The number of nitrogens with one attached hydrogen (secondary N) is 1. The van der Waals surface area contributed by atoms with E-state index in [0.29, 0.717) is 38.3 Å². The van der Waals surface area contributed by atoms with Gasteiger partial charge in [-0.05, 0) is 58.7 Å². The van der Waals surface area contributed by atoms with Crippen molar-refractivity contribution in [2.45, 2.75) is 50.2 Å². The molecule has 5 heteroatoms. The third-order valence-electron chi connectivity index (χ3n) is 4.70. The minimum absolute atomic E-state index is 0.261. The van der Waals surface area contributed by atoms with Gasteiger partial charge < -0.3 is 20.4 Å². The van der Waals surface area contributed by atoms with Crippen molar-refractivity contribution in [3.63, 3.8) is 0 Å². The summed E-state index contributed by atoms with van der Waals surface area (Å²) < 4.78 is 0. The number of aliphatic hydroxyl groups is 1. The summed E-state index contributed by atoms with van der Waals surface area (Å²) in [4.78, 5) is 13.2. The first-order valence-electron chi connectivity index (χ1n) is 7.36. The van der Waals surface area contributed by atoms with E-state index in [2.05, 4.69) is 17.3 Å². The van der Waals surface area contributed by atoms with Gasteiger partial charge in [-0.3, -0.25) is 4.79 Å². The maximum Gasteiger partial charge on any atom is 0.306 e. The van der Waals surface area contributed by atoms with Gasteiger partial charge in [0.2, 0.25) is 0 Å². The van der Waals surface area contributed by atoms with Crippen molar-refractivity contribution in [1.82, 2.24) is 10.2 Å². The van der Waals surface area contributed by atoms with Gasteiger partial charge in [0.25, 0.3) is 0 Å². The first kappa shape index (κ1) is 14.8. The lowest BCUT2D eigenvalue weighted by Crippen LogP contribution is -2.49. The van der Waals surface area contributed by atoms with E-state index < -0.39 is 11.6 Å². The van der Waals surface area contributed by atoms with Gasteiger partial charge in [0, 0.05) is 12.6 Å². The smallest absolute Gasteiger partial charge is 0.306 e. The highest BCUT2D eigenvalue weighted by Crippen LogP contribution is 2.32. The van der Waals surface area contributed by atoms with Crippen LogP contribution in [0.2, 0.25) is 0 Å². The Hall–Kier alpha value is -0.650. The van der Waals surface area contributed by atoms with E-state index in [1.165, 1.54) is 0 Å². The Bertz CT molecular complexity index is 306. The topological polar surface area (TPSA) is 72.8 Å². The van der Waals surface area contributed by atoms with Crippen LogP contribution < -0.4 is 5.32 Å². The van der Waals surface area contributed by atoms with Gasteiger partial charge in [0.05, 0.1) is 11.5 Å². The highest BCUT2D eigenvalue weighted by Gasteiger charge is 2.36. The van der Waals surface area contributed by atoms with Crippen LogP contribution in [0.1, 0.15) is 38.5 Å². The van der Waals surface area contributed by atoms with Crippen LogP contribution in [0, 0.1) is 5.92 Å². The fourth-order valence-corrected chi connectivity index (χ4v) is 3.13. The summed E-state index contributed by atoms with van der Waals surface area (Å²) in [5, 5.41) is 22.9. The van der Waals surface area contributed by atoms with Crippen LogP contribution in [0.15, 0.2) is 0 Å². The number of rotatable bonds is 4. The summed E-state index contributed by atoms with van der Waals surface area (Å²) >= 11 is 0. The zero-order chi connectivity index (χ0) is 13.9. The van der Waals surface area contributed by atoms with Gasteiger partial charge in [-0.25, -0.2) is 0 Å². The Balaban J connectivity index is 1.72. The van der Waals surface area contributed by atoms with E-state index in [1.54, 1.807) is 0 Å². The number of nitrogens with zero attached hydrogens (tertiary/aromatic N) is 1. The fourth-order valence-electron chi connectivity index (χ4n) is 3.13. The number of likely N-dealkylation sites (tertiary alicyclic amines) is 1. The molecule has 1 aliphatic heterocycles. The lowest BCUT2D eigenvalue weighted by atomic mass is 9.78. The lowest BCUT2D eigenvalue weighted by molar-refractivity contribution is -0.144. The minimum Gasteiger partial charge on any atom is -0.481 e. The number of piperidine rings is 1. The van der Waals surface area contributed by atoms with E-state index in [0.717, 1.165) is 25.9 Å². The van der Waals surface area contributed by atoms with Crippen LogP contribution in [-0.2, 0) is 4.79 Å². The number of aliphatic carboxylic acids is 1. The molecule has 1 saturated carbocycles. The summed E-state index contributed by atoms with van der Waals surface area (Å²) in [5.74, 6) is -0.978. The maximum absolute atomic E-state index is 10.9. The average Bonchev–Trinajstić information content (AvgIpc) is 2.39. The molecule has 0 unspecified atom stereocenters. The molecule has 0 aromatic heterocycles. The third kappa shape index (κ3) is 4.16. The predicted octanol–water partition coefficient (Wildman–Crippen LogP) is 0.676. The van der Waals surface area contributed by atoms with Crippen molar-refractivity contribution in [3.05, 3.63) is 0 Å². The molecule has 110 valence electrons. The number of carboxylic acid groups (broad SMARTS) is 1. The van der Waals surface area contributed by atoms with Crippen molar-refractivity contribution in [2.24, 2.45) is 5.92 Å². The second kappa shape index (κ2) is 6.20. The Morgan fingerprint density at radius 1 is 1.26 bits per heavy atom. The van der Waals surface area contributed by atoms with Gasteiger partial charge >= 0.3 is 5.97 Å². The minimum atomic E-state index is -0.717. The van der Waals surface area contributed by atoms with Crippen molar-refractivity contribution in [2.75, 3.05) is 26.7 Å². The maximum atomic E-state index is 10.9. The summed E-state index contributed by atoms with van der Waals surface area (Å²) in [5.41, 5.74) is -0.699. The molecule has 3 N–H and O–H groups in total. The molecule has 0 bridgehead atoms. The van der Waals surface area contributed by atoms with Gasteiger partial charge in [0.15, 0.2) is 0 Å². The van der Waals surface area contributed by atoms with Crippen LogP contribution in [0.5, 0.6) is 0 Å². The quantitative estimate of drug-likeness (QED) is 0.700. The molecule has 2 fully saturated rings. The van der Waals surface area contributed by atoms with Gasteiger partial charge in [-0.15, -0.1) is 0 Å². The molecule has 2 rings (SSSR count). The molecule has 2 aliphatic rings. The number of carbonyl (C=O) groups is 1. The van der Waals surface area contributed by atoms with Crippen molar-refractivity contribution >= 4 is 5.97 Å². The summed E-state index contributed by atoms with van der Waals surface area (Å²) in [6.07, 6.45) is 4.66. The molecule has 0 atom stereocenters.